The van der Waals surface area contributed by atoms with Gasteiger partial charge in [0.2, 0.25) is 0 Å². The number of hydrogen-bond donors (Lipinski definition) is 1. The van der Waals surface area contributed by atoms with Crippen molar-refractivity contribution in [3.05, 3.63) is 70.1 Å². The number of halogens is 3. The zero-order valence-corrected chi connectivity index (χ0v) is 15.2. The molecule has 0 heterocycles. The van der Waals surface area contributed by atoms with Gasteiger partial charge < -0.3 is 4.74 Å². The van der Waals surface area contributed by atoms with Gasteiger partial charge in [-0.1, -0.05) is 29.8 Å². The second-order valence-electron chi connectivity index (χ2n) is 5.71. The number of rotatable bonds is 5. The van der Waals surface area contributed by atoms with Crippen LogP contribution in [0.4, 0.5) is 13.2 Å². The van der Waals surface area contributed by atoms with Crippen LogP contribution in [-0.4, -0.2) is 20.7 Å². The third kappa shape index (κ3) is 6.45. The highest BCUT2D eigenvalue weighted by Crippen LogP contribution is 2.23. The van der Waals surface area contributed by atoms with Crippen LogP contribution < -0.4 is 9.46 Å². The van der Waals surface area contributed by atoms with Crippen LogP contribution >= 0.6 is 0 Å². The van der Waals surface area contributed by atoms with Crippen molar-refractivity contribution >= 4 is 22.0 Å². The standard InChI is InChI=1S/C18H16F3NO4S/c1-12-3-8-16(13(2)11-12)17(23)22-27(24,25)10-9-14-4-6-15(7-5-14)26-18(19,20)21/h3-11H,1-2H3,(H,22,23). The molecule has 0 saturated heterocycles. The molecule has 0 aliphatic carbocycles. The van der Waals surface area contributed by atoms with E-state index in [4.69, 9.17) is 0 Å². The third-order valence-corrected chi connectivity index (χ3v) is 4.38. The van der Waals surface area contributed by atoms with E-state index in [2.05, 4.69) is 4.74 Å². The number of sulfonamides is 1. The molecule has 0 aliphatic rings. The molecule has 0 saturated carbocycles. The lowest BCUT2D eigenvalue weighted by Gasteiger charge is -2.08. The summed E-state index contributed by atoms with van der Waals surface area (Å²) in [6.07, 6.45) is -3.66. The minimum Gasteiger partial charge on any atom is -0.406 e. The van der Waals surface area contributed by atoms with Crippen molar-refractivity contribution in [2.75, 3.05) is 0 Å². The summed E-state index contributed by atoms with van der Waals surface area (Å²) in [7, 11) is -4.08. The van der Waals surface area contributed by atoms with Crippen molar-refractivity contribution in [3.63, 3.8) is 0 Å². The molecule has 0 aliphatic heterocycles. The Balaban J connectivity index is 2.08. The van der Waals surface area contributed by atoms with Gasteiger partial charge in [-0.25, -0.2) is 13.1 Å². The molecular weight excluding hydrogens is 383 g/mol. The number of amides is 1. The molecule has 5 nitrogen and oxygen atoms in total. The monoisotopic (exact) mass is 399 g/mol. The Kier molecular flexibility index (Phi) is 5.94. The van der Waals surface area contributed by atoms with E-state index >= 15 is 0 Å². The third-order valence-electron chi connectivity index (χ3n) is 3.41. The van der Waals surface area contributed by atoms with Crippen molar-refractivity contribution in [2.24, 2.45) is 0 Å². The molecule has 2 aromatic carbocycles. The number of hydrogen-bond acceptors (Lipinski definition) is 4. The topological polar surface area (TPSA) is 72.5 Å². The summed E-state index contributed by atoms with van der Waals surface area (Å²) >= 11 is 0. The number of carbonyl (C=O) groups is 1. The lowest BCUT2D eigenvalue weighted by Crippen LogP contribution is -2.29. The molecule has 1 amide bonds. The minimum atomic E-state index is -4.81. The average molecular weight is 399 g/mol. The first-order valence-electron chi connectivity index (χ1n) is 7.63. The molecule has 9 heteroatoms. The summed E-state index contributed by atoms with van der Waals surface area (Å²) < 4.78 is 66.0. The van der Waals surface area contributed by atoms with Crippen LogP contribution in [0.1, 0.15) is 27.0 Å². The molecule has 0 atom stereocenters. The van der Waals surface area contributed by atoms with E-state index in [9.17, 15) is 26.4 Å². The zero-order chi connectivity index (χ0) is 20.2. The van der Waals surface area contributed by atoms with Gasteiger partial charge in [0.05, 0.1) is 5.41 Å². The number of benzene rings is 2. The molecule has 2 aromatic rings. The summed E-state index contributed by atoms with van der Waals surface area (Å²) in [5.41, 5.74) is 2.11. The summed E-state index contributed by atoms with van der Waals surface area (Å²) in [6.45, 7) is 3.54. The van der Waals surface area contributed by atoms with Crippen LogP contribution in [0.15, 0.2) is 47.9 Å². The molecule has 0 radical (unpaired) electrons. The summed E-state index contributed by atoms with van der Waals surface area (Å²) in [5, 5.41) is 0.758. The van der Waals surface area contributed by atoms with Crippen molar-refractivity contribution in [3.8, 4) is 5.75 Å². The van der Waals surface area contributed by atoms with Crippen molar-refractivity contribution in [2.45, 2.75) is 20.2 Å². The van der Waals surface area contributed by atoms with E-state index in [0.29, 0.717) is 11.1 Å². The first-order valence-corrected chi connectivity index (χ1v) is 9.18. The van der Waals surface area contributed by atoms with E-state index in [-0.39, 0.29) is 5.56 Å². The van der Waals surface area contributed by atoms with Gasteiger partial charge in [-0.2, -0.15) is 0 Å². The Morgan fingerprint density at radius 2 is 1.70 bits per heavy atom. The van der Waals surface area contributed by atoms with Gasteiger partial charge in [0.1, 0.15) is 5.75 Å². The number of alkyl halides is 3. The van der Waals surface area contributed by atoms with Crippen LogP contribution in [-0.2, 0) is 10.0 Å². The SMILES string of the molecule is Cc1ccc(C(=O)NS(=O)(=O)C=Cc2ccc(OC(F)(F)F)cc2)c(C)c1. The second-order valence-corrected chi connectivity index (χ2v) is 7.28. The maximum absolute atomic E-state index is 12.1. The molecule has 0 spiro atoms. The molecule has 27 heavy (non-hydrogen) atoms. The van der Waals surface area contributed by atoms with Gasteiger partial charge in [0, 0.05) is 5.56 Å². The first-order chi connectivity index (χ1) is 12.5. The highest BCUT2D eigenvalue weighted by molar-refractivity contribution is 7.93. The number of ether oxygens (including phenoxy) is 1. The fourth-order valence-corrected chi connectivity index (χ4v) is 3.01. The molecule has 1 N–H and O–H groups in total. The van der Waals surface area contributed by atoms with Crippen LogP contribution in [0.25, 0.3) is 6.08 Å². The first kappa shape index (κ1) is 20.5. The Bertz CT molecular complexity index is 965. The van der Waals surface area contributed by atoms with Crippen molar-refractivity contribution < 1.29 is 31.1 Å². The molecule has 0 unspecified atom stereocenters. The Hall–Kier alpha value is -2.81. The van der Waals surface area contributed by atoms with Crippen LogP contribution in [0.3, 0.4) is 0 Å². The maximum atomic E-state index is 12.1. The van der Waals surface area contributed by atoms with E-state index in [1.807, 2.05) is 11.6 Å². The van der Waals surface area contributed by atoms with Crippen molar-refractivity contribution in [1.29, 1.82) is 0 Å². The molecule has 0 aromatic heterocycles. The Morgan fingerprint density at radius 1 is 1.07 bits per heavy atom. The van der Waals surface area contributed by atoms with Crippen molar-refractivity contribution in [1.82, 2.24) is 4.72 Å². The zero-order valence-electron chi connectivity index (χ0n) is 14.4. The molecule has 0 bridgehead atoms. The second kappa shape index (κ2) is 7.83. The van der Waals surface area contributed by atoms with Crippen LogP contribution in [0.5, 0.6) is 5.75 Å². The molecule has 2 rings (SSSR count). The Morgan fingerprint density at radius 3 is 2.26 bits per heavy atom. The van der Waals surface area contributed by atoms with Gasteiger partial charge in [-0.05, 0) is 49.2 Å². The smallest absolute Gasteiger partial charge is 0.406 e. The van der Waals surface area contributed by atoms with Crippen LogP contribution in [0.2, 0.25) is 0 Å². The van der Waals surface area contributed by atoms with E-state index in [0.717, 1.165) is 29.2 Å². The fraction of sp³-hybridized carbons (Fsp3) is 0.167. The molecule has 0 fully saturated rings. The van der Waals surface area contributed by atoms with Crippen LogP contribution in [0, 0.1) is 13.8 Å². The molecular formula is C18H16F3NO4S. The Labute approximate surface area is 154 Å². The highest BCUT2D eigenvalue weighted by atomic mass is 32.2. The number of nitrogens with one attached hydrogen (secondary N) is 1. The lowest BCUT2D eigenvalue weighted by atomic mass is 10.1. The average Bonchev–Trinajstić information content (AvgIpc) is 2.52. The van der Waals surface area contributed by atoms with Gasteiger partial charge in [0.25, 0.3) is 15.9 Å². The van der Waals surface area contributed by atoms with E-state index in [1.165, 1.54) is 18.2 Å². The fourth-order valence-electron chi connectivity index (χ4n) is 2.24. The lowest BCUT2D eigenvalue weighted by molar-refractivity contribution is -0.274. The summed E-state index contributed by atoms with van der Waals surface area (Å²) in [5.74, 6) is -1.20. The van der Waals surface area contributed by atoms with E-state index < -0.39 is 28.0 Å². The predicted octanol–water partition coefficient (Wildman–Crippen LogP) is 3.93. The van der Waals surface area contributed by atoms with Gasteiger partial charge in [-0.3, -0.25) is 4.79 Å². The highest BCUT2D eigenvalue weighted by Gasteiger charge is 2.30. The minimum absolute atomic E-state index is 0.228. The van der Waals surface area contributed by atoms with Gasteiger partial charge >= 0.3 is 6.36 Å². The predicted molar refractivity (Wildman–Crippen MR) is 94.5 cm³/mol. The normalized spacial score (nSPS) is 12.2. The number of carbonyl (C=O) groups excluding carboxylic acids is 1. The largest absolute Gasteiger partial charge is 0.573 e. The van der Waals surface area contributed by atoms with Gasteiger partial charge in [0.15, 0.2) is 0 Å². The number of aryl methyl sites for hydroxylation is 2. The quantitative estimate of drug-likeness (QED) is 0.827. The maximum Gasteiger partial charge on any atom is 0.573 e. The summed E-state index contributed by atoms with van der Waals surface area (Å²) in [4.78, 5) is 12.1. The van der Waals surface area contributed by atoms with Gasteiger partial charge in [-0.15, -0.1) is 13.2 Å². The van der Waals surface area contributed by atoms with E-state index in [1.54, 1.807) is 19.1 Å². The summed E-state index contributed by atoms with van der Waals surface area (Å²) in [6, 6.07) is 9.57. The molecule has 144 valence electrons.